The average Bonchev–Trinajstić information content (AvgIpc) is 3.13. The number of nitrogens with zero attached hydrogens (tertiary/aromatic N) is 1. The van der Waals surface area contributed by atoms with E-state index >= 15 is 0 Å². The van der Waals surface area contributed by atoms with Crippen molar-refractivity contribution in [2.24, 2.45) is 0 Å². The van der Waals surface area contributed by atoms with Crippen LogP contribution in [0.1, 0.15) is 45.4 Å². The standard InChI is InChI=1S/C19H28N4O2/c1-2-6-17(24)21-15-7-3-8-16(13-15)22-18(25)20-14-19-9-4-11-23(19)12-5-10-19/h3,7-8,13H,2,4-6,9-12,14H2,1H3,(H,21,24)(H2,20,22,25). The molecule has 1 aromatic rings. The van der Waals surface area contributed by atoms with Gasteiger partial charge in [-0.1, -0.05) is 13.0 Å². The number of hydrogen-bond acceptors (Lipinski definition) is 3. The second kappa shape index (κ2) is 7.87. The van der Waals surface area contributed by atoms with Gasteiger partial charge < -0.3 is 16.0 Å². The molecule has 25 heavy (non-hydrogen) atoms. The lowest BCUT2D eigenvalue weighted by molar-refractivity contribution is -0.116. The lowest BCUT2D eigenvalue weighted by Gasteiger charge is -2.32. The van der Waals surface area contributed by atoms with Gasteiger partial charge in [0.05, 0.1) is 0 Å². The van der Waals surface area contributed by atoms with Crippen molar-refractivity contribution < 1.29 is 9.59 Å². The highest BCUT2D eigenvalue weighted by molar-refractivity contribution is 5.93. The summed E-state index contributed by atoms with van der Waals surface area (Å²) < 4.78 is 0. The highest BCUT2D eigenvalue weighted by Crippen LogP contribution is 2.38. The molecule has 2 aliphatic rings. The molecule has 3 rings (SSSR count). The molecule has 0 radical (unpaired) electrons. The quantitative estimate of drug-likeness (QED) is 0.742. The van der Waals surface area contributed by atoms with Crippen molar-refractivity contribution in [2.75, 3.05) is 30.3 Å². The molecule has 3 N–H and O–H groups in total. The number of hydrogen-bond donors (Lipinski definition) is 3. The van der Waals surface area contributed by atoms with Crippen molar-refractivity contribution in [3.63, 3.8) is 0 Å². The molecular weight excluding hydrogens is 316 g/mol. The molecule has 0 bridgehead atoms. The molecule has 2 aliphatic heterocycles. The van der Waals surface area contributed by atoms with E-state index in [0.717, 1.165) is 19.5 Å². The van der Waals surface area contributed by atoms with Crippen molar-refractivity contribution in [1.82, 2.24) is 10.2 Å². The topological polar surface area (TPSA) is 73.5 Å². The number of carbonyl (C=O) groups is 2. The fourth-order valence-electron chi connectivity index (χ4n) is 4.06. The molecule has 6 nitrogen and oxygen atoms in total. The highest BCUT2D eigenvalue weighted by Gasteiger charge is 2.44. The van der Waals surface area contributed by atoms with Crippen LogP contribution >= 0.6 is 0 Å². The van der Waals surface area contributed by atoms with Gasteiger partial charge in [-0.15, -0.1) is 0 Å². The molecule has 3 amide bonds. The van der Waals surface area contributed by atoms with Crippen LogP contribution in [0.15, 0.2) is 24.3 Å². The van der Waals surface area contributed by atoms with E-state index in [1.165, 1.54) is 25.7 Å². The first-order chi connectivity index (χ1) is 12.1. The summed E-state index contributed by atoms with van der Waals surface area (Å²) in [4.78, 5) is 26.5. The fraction of sp³-hybridized carbons (Fsp3) is 0.579. The van der Waals surface area contributed by atoms with Crippen LogP contribution in [-0.4, -0.2) is 42.0 Å². The summed E-state index contributed by atoms with van der Waals surface area (Å²) in [6.07, 6.45) is 6.10. The van der Waals surface area contributed by atoms with Gasteiger partial charge in [-0.3, -0.25) is 9.69 Å². The van der Waals surface area contributed by atoms with Gasteiger partial charge in [0.1, 0.15) is 0 Å². The van der Waals surface area contributed by atoms with Gasteiger partial charge in [0.15, 0.2) is 0 Å². The lowest BCUT2D eigenvalue weighted by Crippen LogP contribution is -2.49. The van der Waals surface area contributed by atoms with E-state index < -0.39 is 0 Å². The number of carbonyl (C=O) groups excluding carboxylic acids is 2. The Morgan fingerprint density at radius 1 is 1.12 bits per heavy atom. The van der Waals surface area contributed by atoms with E-state index in [1.807, 2.05) is 25.1 Å². The minimum absolute atomic E-state index is 0.00856. The molecule has 0 atom stereocenters. The van der Waals surface area contributed by atoms with E-state index in [-0.39, 0.29) is 17.5 Å². The second-order valence-electron chi connectivity index (χ2n) is 7.11. The van der Waals surface area contributed by atoms with Crippen LogP contribution in [0.3, 0.4) is 0 Å². The number of anilines is 2. The van der Waals surface area contributed by atoms with Crippen LogP contribution in [0.4, 0.5) is 16.2 Å². The molecule has 0 aromatic heterocycles. The van der Waals surface area contributed by atoms with E-state index in [4.69, 9.17) is 0 Å². The monoisotopic (exact) mass is 344 g/mol. The summed E-state index contributed by atoms with van der Waals surface area (Å²) in [5.74, 6) is -0.00856. The summed E-state index contributed by atoms with van der Waals surface area (Å²) in [7, 11) is 0. The maximum Gasteiger partial charge on any atom is 0.319 e. The predicted octanol–water partition coefficient (Wildman–Crippen LogP) is 3.18. The third-order valence-corrected chi connectivity index (χ3v) is 5.27. The van der Waals surface area contributed by atoms with Crippen molar-refractivity contribution >= 4 is 23.3 Å². The summed E-state index contributed by atoms with van der Waals surface area (Å²) in [5.41, 5.74) is 1.56. The summed E-state index contributed by atoms with van der Waals surface area (Å²) in [5, 5.41) is 8.75. The minimum atomic E-state index is -0.190. The second-order valence-corrected chi connectivity index (χ2v) is 7.11. The van der Waals surface area contributed by atoms with Gasteiger partial charge in [0, 0.05) is 29.9 Å². The van der Waals surface area contributed by atoms with Crippen molar-refractivity contribution in [3.8, 4) is 0 Å². The van der Waals surface area contributed by atoms with Crippen molar-refractivity contribution in [2.45, 2.75) is 51.0 Å². The van der Waals surface area contributed by atoms with Crippen molar-refractivity contribution in [1.29, 1.82) is 0 Å². The van der Waals surface area contributed by atoms with Crippen LogP contribution in [0.25, 0.3) is 0 Å². The van der Waals surface area contributed by atoms with Crippen LogP contribution in [0.5, 0.6) is 0 Å². The van der Waals surface area contributed by atoms with Gasteiger partial charge in [-0.2, -0.15) is 0 Å². The van der Waals surface area contributed by atoms with E-state index in [0.29, 0.717) is 24.3 Å². The zero-order valence-electron chi connectivity index (χ0n) is 14.9. The SMILES string of the molecule is CCCC(=O)Nc1cccc(NC(=O)NCC23CCCN2CCC3)c1. The Bertz CT molecular complexity index is 622. The van der Waals surface area contributed by atoms with Crippen LogP contribution in [0, 0.1) is 0 Å². The van der Waals surface area contributed by atoms with E-state index in [9.17, 15) is 9.59 Å². The third-order valence-electron chi connectivity index (χ3n) is 5.27. The maximum atomic E-state index is 12.3. The number of rotatable bonds is 6. The molecule has 1 aromatic carbocycles. The van der Waals surface area contributed by atoms with Crippen molar-refractivity contribution in [3.05, 3.63) is 24.3 Å². The zero-order chi connectivity index (χ0) is 17.7. The Morgan fingerprint density at radius 2 is 1.80 bits per heavy atom. The Kier molecular flexibility index (Phi) is 5.58. The first-order valence-electron chi connectivity index (χ1n) is 9.31. The van der Waals surface area contributed by atoms with Gasteiger partial charge in [0.2, 0.25) is 5.91 Å². The van der Waals surface area contributed by atoms with Crippen LogP contribution in [0.2, 0.25) is 0 Å². The predicted molar refractivity (Wildman–Crippen MR) is 99.8 cm³/mol. The first-order valence-corrected chi connectivity index (χ1v) is 9.31. The molecule has 0 saturated carbocycles. The normalized spacial score (nSPS) is 18.6. The summed E-state index contributed by atoms with van der Waals surface area (Å²) in [6, 6.07) is 7.06. The van der Waals surface area contributed by atoms with E-state index in [1.54, 1.807) is 6.07 Å². The molecular formula is C19H28N4O2. The molecule has 0 unspecified atom stereocenters. The van der Waals surface area contributed by atoms with Crippen LogP contribution < -0.4 is 16.0 Å². The molecule has 2 saturated heterocycles. The molecule has 136 valence electrons. The summed E-state index contributed by atoms with van der Waals surface area (Å²) in [6.45, 7) is 4.98. The maximum absolute atomic E-state index is 12.3. The fourth-order valence-corrected chi connectivity index (χ4v) is 4.06. The highest BCUT2D eigenvalue weighted by atomic mass is 16.2. The number of amides is 3. The van der Waals surface area contributed by atoms with Gasteiger partial charge in [-0.05, 0) is 63.4 Å². The van der Waals surface area contributed by atoms with Gasteiger partial charge in [-0.25, -0.2) is 4.79 Å². The average molecular weight is 344 g/mol. The van der Waals surface area contributed by atoms with E-state index in [2.05, 4.69) is 20.9 Å². The Balaban J connectivity index is 1.52. The number of nitrogens with one attached hydrogen (secondary N) is 3. The van der Waals surface area contributed by atoms with Gasteiger partial charge >= 0.3 is 6.03 Å². The molecule has 6 heteroatoms. The Labute approximate surface area is 149 Å². The molecule has 2 heterocycles. The molecule has 0 spiro atoms. The number of fused-ring (bicyclic) bond motifs is 1. The number of urea groups is 1. The molecule has 0 aliphatic carbocycles. The zero-order valence-corrected chi connectivity index (χ0v) is 14.9. The summed E-state index contributed by atoms with van der Waals surface area (Å²) >= 11 is 0. The lowest BCUT2D eigenvalue weighted by atomic mass is 9.94. The van der Waals surface area contributed by atoms with Gasteiger partial charge in [0.25, 0.3) is 0 Å². The largest absolute Gasteiger partial charge is 0.336 e. The molecule has 2 fully saturated rings. The first kappa shape index (κ1) is 17.7. The number of benzene rings is 1. The smallest absolute Gasteiger partial charge is 0.319 e. The van der Waals surface area contributed by atoms with Crippen LogP contribution in [-0.2, 0) is 4.79 Å². The minimum Gasteiger partial charge on any atom is -0.336 e. The Morgan fingerprint density at radius 3 is 2.48 bits per heavy atom. The Hall–Kier alpha value is -2.08. The third kappa shape index (κ3) is 4.31.